The van der Waals surface area contributed by atoms with Crippen LogP contribution in [0.25, 0.3) is 0 Å². The zero-order valence-electron chi connectivity index (χ0n) is 14.4. The number of carbonyl (C=O) groups excluding carboxylic acids is 1. The predicted octanol–water partition coefficient (Wildman–Crippen LogP) is 3.86. The van der Waals surface area contributed by atoms with Gasteiger partial charge in [-0.15, -0.1) is 0 Å². The SMILES string of the molecule is N#CC1=C(N)Oc2cc(OC(=O)c3ccco3)ccc2C1c1ccc(F)cc1. The van der Waals surface area contributed by atoms with E-state index in [1.807, 2.05) is 0 Å². The maximum Gasteiger partial charge on any atom is 0.379 e. The number of nitrogens with two attached hydrogens (primary N) is 1. The maximum atomic E-state index is 13.3. The van der Waals surface area contributed by atoms with E-state index in [9.17, 15) is 14.4 Å². The quantitative estimate of drug-likeness (QED) is 0.551. The smallest absolute Gasteiger partial charge is 0.379 e. The molecule has 0 saturated carbocycles. The molecule has 0 aliphatic carbocycles. The molecule has 1 aromatic heterocycles. The van der Waals surface area contributed by atoms with Gasteiger partial charge in [0, 0.05) is 11.6 Å². The number of esters is 1. The second-order valence-electron chi connectivity index (χ2n) is 6.04. The third-order valence-electron chi connectivity index (χ3n) is 4.33. The third kappa shape index (κ3) is 3.08. The maximum absolute atomic E-state index is 13.3. The number of fused-ring (bicyclic) bond motifs is 1. The fourth-order valence-corrected chi connectivity index (χ4v) is 3.05. The average molecular weight is 376 g/mol. The van der Waals surface area contributed by atoms with Crippen molar-refractivity contribution in [3.05, 3.63) is 95.0 Å². The van der Waals surface area contributed by atoms with Crippen molar-refractivity contribution < 1.29 is 23.1 Å². The second kappa shape index (κ2) is 6.93. The van der Waals surface area contributed by atoms with E-state index in [0.717, 1.165) is 0 Å². The minimum Gasteiger partial charge on any atom is -0.457 e. The number of carbonyl (C=O) groups is 1. The highest BCUT2D eigenvalue weighted by molar-refractivity contribution is 5.88. The molecule has 28 heavy (non-hydrogen) atoms. The third-order valence-corrected chi connectivity index (χ3v) is 4.33. The van der Waals surface area contributed by atoms with Crippen molar-refractivity contribution in [3.63, 3.8) is 0 Å². The Bertz CT molecular complexity index is 1110. The molecule has 2 heterocycles. The van der Waals surface area contributed by atoms with Crippen LogP contribution in [-0.4, -0.2) is 5.97 Å². The summed E-state index contributed by atoms with van der Waals surface area (Å²) in [7, 11) is 0. The molecule has 1 aliphatic rings. The highest BCUT2D eigenvalue weighted by Gasteiger charge is 2.31. The van der Waals surface area contributed by atoms with Crippen molar-refractivity contribution in [2.45, 2.75) is 5.92 Å². The number of allylic oxidation sites excluding steroid dienone is 1. The summed E-state index contributed by atoms with van der Waals surface area (Å²) in [6.07, 6.45) is 1.37. The van der Waals surface area contributed by atoms with Crippen molar-refractivity contribution in [1.82, 2.24) is 0 Å². The molecule has 0 bridgehead atoms. The van der Waals surface area contributed by atoms with Gasteiger partial charge in [0.25, 0.3) is 0 Å². The van der Waals surface area contributed by atoms with Gasteiger partial charge in [0.1, 0.15) is 29.0 Å². The highest BCUT2D eigenvalue weighted by atomic mass is 19.1. The zero-order chi connectivity index (χ0) is 19.7. The number of halogens is 1. The first-order chi connectivity index (χ1) is 13.6. The lowest BCUT2D eigenvalue weighted by Crippen LogP contribution is -2.21. The van der Waals surface area contributed by atoms with Gasteiger partial charge in [0.2, 0.25) is 11.6 Å². The molecule has 2 aromatic carbocycles. The van der Waals surface area contributed by atoms with Crippen LogP contribution >= 0.6 is 0 Å². The van der Waals surface area contributed by atoms with Crippen molar-refractivity contribution in [2.24, 2.45) is 5.73 Å². The number of ether oxygens (including phenoxy) is 2. The summed E-state index contributed by atoms with van der Waals surface area (Å²) in [5.41, 5.74) is 7.48. The molecule has 7 heteroatoms. The van der Waals surface area contributed by atoms with Crippen LogP contribution in [0.1, 0.15) is 27.6 Å². The Morgan fingerprint density at radius 1 is 1.18 bits per heavy atom. The van der Waals surface area contributed by atoms with E-state index in [1.165, 1.54) is 30.5 Å². The first-order valence-electron chi connectivity index (χ1n) is 8.29. The summed E-state index contributed by atoms with van der Waals surface area (Å²) >= 11 is 0. The van der Waals surface area contributed by atoms with Crippen LogP contribution in [0, 0.1) is 17.1 Å². The predicted molar refractivity (Wildman–Crippen MR) is 95.8 cm³/mol. The van der Waals surface area contributed by atoms with Gasteiger partial charge in [-0.25, -0.2) is 9.18 Å². The Labute approximate surface area is 159 Å². The number of hydrogen-bond donors (Lipinski definition) is 1. The van der Waals surface area contributed by atoms with Gasteiger partial charge in [0.15, 0.2) is 0 Å². The van der Waals surface area contributed by atoms with Gasteiger partial charge in [-0.3, -0.25) is 0 Å². The molecule has 4 rings (SSSR count). The molecule has 0 spiro atoms. The minimum absolute atomic E-state index is 0.0566. The fraction of sp³-hybridized carbons (Fsp3) is 0.0476. The lowest BCUT2D eigenvalue weighted by Gasteiger charge is -2.26. The summed E-state index contributed by atoms with van der Waals surface area (Å²) < 4.78 is 29.2. The summed E-state index contributed by atoms with van der Waals surface area (Å²) in [6, 6.07) is 15.7. The Morgan fingerprint density at radius 3 is 2.64 bits per heavy atom. The number of rotatable bonds is 3. The standard InChI is InChI=1S/C21H13FN2O4/c22-13-5-3-12(4-6-13)19-15-8-7-14(27-21(25)17-2-1-9-26-17)10-18(15)28-20(24)16(19)11-23/h1-10,19H,24H2. The van der Waals surface area contributed by atoms with Crippen LogP contribution in [0.3, 0.4) is 0 Å². The number of nitriles is 1. The molecule has 3 aromatic rings. The second-order valence-corrected chi connectivity index (χ2v) is 6.04. The molecule has 0 saturated heterocycles. The molecule has 138 valence electrons. The van der Waals surface area contributed by atoms with Crippen molar-refractivity contribution >= 4 is 5.97 Å². The Balaban J connectivity index is 1.72. The van der Waals surface area contributed by atoms with E-state index >= 15 is 0 Å². The van der Waals surface area contributed by atoms with Gasteiger partial charge in [-0.2, -0.15) is 5.26 Å². The fourth-order valence-electron chi connectivity index (χ4n) is 3.05. The van der Waals surface area contributed by atoms with Gasteiger partial charge in [-0.1, -0.05) is 18.2 Å². The molecule has 1 aliphatic heterocycles. The van der Waals surface area contributed by atoms with Crippen molar-refractivity contribution in [2.75, 3.05) is 0 Å². The number of nitrogens with zero attached hydrogens (tertiary/aromatic N) is 1. The summed E-state index contributed by atoms with van der Waals surface area (Å²) in [5, 5.41) is 9.53. The molecule has 2 N–H and O–H groups in total. The van der Waals surface area contributed by atoms with Gasteiger partial charge in [0.05, 0.1) is 12.2 Å². The Kier molecular flexibility index (Phi) is 4.30. The normalized spacial score (nSPS) is 15.4. The summed E-state index contributed by atoms with van der Waals surface area (Å²) in [5.74, 6) is -0.984. The zero-order valence-corrected chi connectivity index (χ0v) is 14.4. The summed E-state index contributed by atoms with van der Waals surface area (Å²) in [6.45, 7) is 0. The van der Waals surface area contributed by atoms with Crippen LogP contribution in [-0.2, 0) is 0 Å². The van der Waals surface area contributed by atoms with Crippen LogP contribution in [0.2, 0.25) is 0 Å². The van der Waals surface area contributed by atoms with E-state index in [0.29, 0.717) is 16.9 Å². The van der Waals surface area contributed by atoms with E-state index in [-0.39, 0.29) is 28.8 Å². The monoisotopic (exact) mass is 376 g/mol. The average Bonchev–Trinajstić information content (AvgIpc) is 3.22. The highest BCUT2D eigenvalue weighted by Crippen LogP contribution is 2.43. The van der Waals surface area contributed by atoms with Crippen LogP contribution in [0.15, 0.2) is 76.7 Å². The molecule has 6 nitrogen and oxygen atoms in total. The van der Waals surface area contributed by atoms with E-state index < -0.39 is 11.9 Å². The van der Waals surface area contributed by atoms with Gasteiger partial charge in [-0.05, 0) is 35.9 Å². The topological polar surface area (TPSA) is 98.5 Å². The van der Waals surface area contributed by atoms with Crippen LogP contribution < -0.4 is 15.2 Å². The number of furan rings is 1. The molecule has 1 unspecified atom stereocenters. The molecular formula is C21H13FN2O4. The first-order valence-corrected chi connectivity index (χ1v) is 8.29. The number of hydrogen-bond acceptors (Lipinski definition) is 6. The lowest BCUT2D eigenvalue weighted by atomic mass is 9.83. The molecule has 0 fully saturated rings. The minimum atomic E-state index is -0.655. The van der Waals surface area contributed by atoms with Crippen LogP contribution in [0.5, 0.6) is 11.5 Å². The summed E-state index contributed by atoms with van der Waals surface area (Å²) in [4.78, 5) is 12.1. The largest absolute Gasteiger partial charge is 0.457 e. The van der Waals surface area contributed by atoms with E-state index in [2.05, 4.69) is 6.07 Å². The molecular weight excluding hydrogens is 363 g/mol. The van der Waals surface area contributed by atoms with E-state index in [1.54, 1.807) is 30.3 Å². The lowest BCUT2D eigenvalue weighted by molar-refractivity contribution is 0.0701. The first kappa shape index (κ1) is 17.4. The molecule has 0 amide bonds. The van der Waals surface area contributed by atoms with Crippen LogP contribution in [0.4, 0.5) is 4.39 Å². The molecule has 0 radical (unpaired) electrons. The number of benzene rings is 2. The van der Waals surface area contributed by atoms with Crippen molar-refractivity contribution in [1.29, 1.82) is 5.26 Å². The van der Waals surface area contributed by atoms with Gasteiger partial charge < -0.3 is 19.6 Å². The van der Waals surface area contributed by atoms with Gasteiger partial charge >= 0.3 is 5.97 Å². The Morgan fingerprint density at radius 2 is 1.96 bits per heavy atom. The van der Waals surface area contributed by atoms with E-state index in [4.69, 9.17) is 19.6 Å². The Hall–Kier alpha value is -4.05. The van der Waals surface area contributed by atoms with Crippen molar-refractivity contribution in [3.8, 4) is 17.6 Å². The molecule has 1 atom stereocenters.